The molecule has 0 atom stereocenters. The van der Waals surface area contributed by atoms with Gasteiger partial charge in [0.1, 0.15) is 0 Å². The molecule has 2 nitrogen and oxygen atoms in total. The summed E-state index contributed by atoms with van der Waals surface area (Å²) >= 11 is 0. The third-order valence-electron chi connectivity index (χ3n) is 5.79. The molecule has 0 fully saturated rings. The predicted molar refractivity (Wildman–Crippen MR) is 142 cm³/mol. The van der Waals surface area contributed by atoms with Crippen LogP contribution in [0.2, 0.25) is 0 Å². The van der Waals surface area contributed by atoms with Crippen molar-refractivity contribution in [3.8, 4) is 0 Å². The van der Waals surface area contributed by atoms with Gasteiger partial charge in [-0.25, -0.2) is 0 Å². The highest BCUT2D eigenvalue weighted by atomic mass is 16.5. The quantitative estimate of drug-likeness (QED) is 0.0638. The Balaban J connectivity index is 3.23. The normalized spacial score (nSPS) is 11.9. The van der Waals surface area contributed by atoms with Crippen LogP contribution < -0.4 is 0 Å². The van der Waals surface area contributed by atoms with Crippen molar-refractivity contribution in [3.05, 3.63) is 36.5 Å². The van der Waals surface area contributed by atoms with Gasteiger partial charge in [0.05, 0.1) is 6.61 Å². The Morgan fingerprint density at radius 1 is 0.562 bits per heavy atom. The zero-order valence-electron chi connectivity index (χ0n) is 21.6. The van der Waals surface area contributed by atoms with Gasteiger partial charge in [-0.15, -0.1) is 0 Å². The summed E-state index contributed by atoms with van der Waals surface area (Å²) in [5.74, 6) is -0.000566. The Bertz CT molecular complexity index is 461. The Labute approximate surface area is 201 Å². The average Bonchev–Trinajstić information content (AvgIpc) is 2.80. The molecule has 0 heterocycles. The van der Waals surface area contributed by atoms with E-state index in [9.17, 15) is 4.79 Å². The summed E-state index contributed by atoms with van der Waals surface area (Å²) in [5.41, 5.74) is 0. The lowest BCUT2D eigenvalue weighted by molar-refractivity contribution is -0.143. The maximum absolute atomic E-state index is 11.8. The molecule has 0 bridgehead atoms. The zero-order valence-corrected chi connectivity index (χ0v) is 21.6. The van der Waals surface area contributed by atoms with Gasteiger partial charge in [0.15, 0.2) is 0 Å². The first kappa shape index (κ1) is 30.7. The molecule has 0 aromatic heterocycles. The molecule has 0 spiro atoms. The van der Waals surface area contributed by atoms with E-state index >= 15 is 0 Å². The fourth-order valence-corrected chi connectivity index (χ4v) is 3.69. The molecule has 0 saturated heterocycles. The molecular formula is C30H54O2. The Kier molecular flexibility index (Phi) is 26.6. The predicted octanol–water partition coefficient (Wildman–Crippen LogP) is 10.0. The number of carbonyl (C=O) groups excluding carboxylic acids is 1. The van der Waals surface area contributed by atoms with E-state index in [1.807, 2.05) is 0 Å². The van der Waals surface area contributed by atoms with Crippen LogP contribution in [0.25, 0.3) is 0 Å². The van der Waals surface area contributed by atoms with Crippen LogP contribution in [0.15, 0.2) is 36.5 Å². The summed E-state index contributed by atoms with van der Waals surface area (Å²) in [6.45, 7) is 5.01. The monoisotopic (exact) mass is 446 g/mol. The molecule has 0 aromatic carbocycles. The fourth-order valence-electron chi connectivity index (χ4n) is 3.69. The van der Waals surface area contributed by atoms with Crippen LogP contribution in [0.5, 0.6) is 0 Å². The van der Waals surface area contributed by atoms with Gasteiger partial charge in [0.2, 0.25) is 0 Å². The van der Waals surface area contributed by atoms with Gasteiger partial charge < -0.3 is 4.74 Å². The second-order valence-corrected chi connectivity index (χ2v) is 9.02. The van der Waals surface area contributed by atoms with Gasteiger partial charge in [-0.3, -0.25) is 4.79 Å². The highest BCUT2D eigenvalue weighted by molar-refractivity contribution is 5.69. The van der Waals surface area contributed by atoms with Gasteiger partial charge in [-0.2, -0.15) is 0 Å². The summed E-state index contributed by atoms with van der Waals surface area (Å²) < 4.78 is 5.38. The van der Waals surface area contributed by atoms with Crippen LogP contribution in [-0.2, 0) is 9.53 Å². The number of ether oxygens (including phenoxy) is 1. The highest BCUT2D eigenvalue weighted by Crippen LogP contribution is 2.11. The van der Waals surface area contributed by atoms with Crippen LogP contribution in [-0.4, -0.2) is 12.6 Å². The number of hydrogen-bond acceptors (Lipinski definition) is 2. The minimum atomic E-state index is -0.000566. The minimum absolute atomic E-state index is 0.000566. The van der Waals surface area contributed by atoms with Crippen LogP contribution >= 0.6 is 0 Å². The molecule has 0 radical (unpaired) electrons. The molecule has 2 heteroatoms. The lowest BCUT2D eigenvalue weighted by Crippen LogP contribution is -2.05. The average molecular weight is 447 g/mol. The van der Waals surface area contributed by atoms with Crippen LogP contribution in [0.3, 0.4) is 0 Å². The molecule has 0 amide bonds. The second kappa shape index (κ2) is 27.7. The first-order chi connectivity index (χ1) is 15.8. The lowest BCUT2D eigenvalue weighted by atomic mass is 10.1. The number of esters is 1. The third-order valence-corrected chi connectivity index (χ3v) is 5.79. The van der Waals surface area contributed by atoms with E-state index in [1.54, 1.807) is 0 Å². The van der Waals surface area contributed by atoms with Crippen molar-refractivity contribution in [1.82, 2.24) is 0 Å². The fraction of sp³-hybridized carbons (Fsp3) is 0.767. The molecule has 0 rings (SSSR count). The van der Waals surface area contributed by atoms with E-state index in [2.05, 4.69) is 50.3 Å². The van der Waals surface area contributed by atoms with Crippen molar-refractivity contribution in [2.75, 3.05) is 6.61 Å². The van der Waals surface area contributed by atoms with Gasteiger partial charge >= 0.3 is 5.97 Å². The van der Waals surface area contributed by atoms with E-state index in [1.165, 1.54) is 89.9 Å². The molecule has 0 N–H and O–H groups in total. The summed E-state index contributed by atoms with van der Waals surface area (Å²) in [4.78, 5) is 11.8. The summed E-state index contributed by atoms with van der Waals surface area (Å²) in [7, 11) is 0. The molecule has 32 heavy (non-hydrogen) atoms. The van der Waals surface area contributed by atoms with E-state index in [0.29, 0.717) is 13.0 Å². The van der Waals surface area contributed by atoms with Gasteiger partial charge in [-0.1, -0.05) is 121 Å². The SMILES string of the molecule is CC/C=C\C=C\CCCCCCCC(=O)OCCCCCCCCCC/C=C\CCCC. The molecule has 0 unspecified atom stereocenters. The second-order valence-electron chi connectivity index (χ2n) is 9.02. The number of rotatable bonds is 24. The van der Waals surface area contributed by atoms with Gasteiger partial charge in [-0.05, 0) is 51.4 Å². The molecule has 0 saturated carbocycles. The van der Waals surface area contributed by atoms with Crippen molar-refractivity contribution >= 4 is 5.97 Å². The summed E-state index contributed by atoms with van der Waals surface area (Å²) in [6, 6.07) is 0. The van der Waals surface area contributed by atoms with Crippen molar-refractivity contribution in [3.63, 3.8) is 0 Å². The smallest absolute Gasteiger partial charge is 0.305 e. The minimum Gasteiger partial charge on any atom is -0.466 e. The maximum Gasteiger partial charge on any atom is 0.305 e. The molecule has 0 aromatic rings. The van der Waals surface area contributed by atoms with E-state index < -0.39 is 0 Å². The Morgan fingerprint density at radius 2 is 1.06 bits per heavy atom. The summed E-state index contributed by atoms with van der Waals surface area (Å²) in [6.07, 6.45) is 37.5. The van der Waals surface area contributed by atoms with E-state index in [4.69, 9.17) is 4.74 Å². The van der Waals surface area contributed by atoms with Crippen LogP contribution in [0, 0.1) is 0 Å². The van der Waals surface area contributed by atoms with Crippen LogP contribution in [0.1, 0.15) is 142 Å². The molecule has 0 aliphatic rings. The number of carbonyl (C=O) groups is 1. The largest absolute Gasteiger partial charge is 0.466 e. The van der Waals surface area contributed by atoms with Crippen molar-refractivity contribution in [2.45, 2.75) is 142 Å². The van der Waals surface area contributed by atoms with Gasteiger partial charge in [0.25, 0.3) is 0 Å². The first-order valence-electron chi connectivity index (χ1n) is 13.9. The lowest BCUT2D eigenvalue weighted by Gasteiger charge is -2.05. The number of allylic oxidation sites excluding steroid dienone is 6. The Hall–Kier alpha value is -1.31. The number of hydrogen-bond donors (Lipinski definition) is 0. The number of unbranched alkanes of at least 4 members (excludes halogenated alkanes) is 15. The van der Waals surface area contributed by atoms with Gasteiger partial charge in [0, 0.05) is 6.42 Å². The molecule has 0 aliphatic heterocycles. The van der Waals surface area contributed by atoms with Crippen molar-refractivity contribution < 1.29 is 9.53 Å². The maximum atomic E-state index is 11.8. The van der Waals surface area contributed by atoms with E-state index in [0.717, 1.165) is 32.1 Å². The molecule has 186 valence electrons. The standard InChI is InChI=1S/C30H54O2/c1-3-5-7-9-11-13-15-16-17-19-21-23-25-27-29-32-30(31)28-26-24-22-20-18-14-12-10-8-6-4-2/h6,8-12H,3-5,7,13-29H2,1-2H3/b8-6-,11-9-,12-10+. The zero-order chi connectivity index (χ0) is 23.4. The molecule has 0 aliphatic carbocycles. The highest BCUT2D eigenvalue weighted by Gasteiger charge is 2.02. The molecular weight excluding hydrogens is 392 g/mol. The first-order valence-corrected chi connectivity index (χ1v) is 13.9. The summed E-state index contributed by atoms with van der Waals surface area (Å²) in [5, 5.41) is 0. The topological polar surface area (TPSA) is 26.3 Å². The van der Waals surface area contributed by atoms with E-state index in [-0.39, 0.29) is 5.97 Å². The Morgan fingerprint density at radius 3 is 1.69 bits per heavy atom. The van der Waals surface area contributed by atoms with Crippen molar-refractivity contribution in [2.24, 2.45) is 0 Å². The third kappa shape index (κ3) is 26.7. The van der Waals surface area contributed by atoms with Crippen molar-refractivity contribution in [1.29, 1.82) is 0 Å². The van der Waals surface area contributed by atoms with Crippen LogP contribution in [0.4, 0.5) is 0 Å².